The maximum atomic E-state index is 15.2. The highest BCUT2D eigenvalue weighted by Gasteiger charge is 2.45. The fourth-order valence-electron chi connectivity index (χ4n) is 4.45. The van der Waals surface area contributed by atoms with Crippen LogP contribution in [-0.4, -0.2) is 58.4 Å². The van der Waals surface area contributed by atoms with Gasteiger partial charge in [-0.1, -0.05) is 43.6 Å². The third-order valence-electron chi connectivity index (χ3n) is 7.03. The average Bonchev–Trinajstić information content (AvgIpc) is 3.74. The Morgan fingerprint density at radius 1 is 0.936 bits per heavy atom. The van der Waals surface area contributed by atoms with Crippen LogP contribution in [0.25, 0.3) is 0 Å². The minimum Gasteiger partial charge on any atom is -0.454 e. The molecule has 1 aliphatic rings. The molecule has 0 spiro atoms. The van der Waals surface area contributed by atoms with Crippen LogP contribution < -0.4 is 20.7 Å². The Morgan fingerprint density at radius 3 is 2.19 bits per heavy atom. The van der Waals surface area contributed by atoms with E-state index >= 15 is 4.39 Å². The lowest BCUT2D eigenvalue weighted by Gasteiger charge is -2.27. The molecule has 3 aromatic rings. The molecular weight excluding hydrogens is 644 g/mol. The maximum Gasteiger partial charge on any atom is 0.422 e. The number of carbonyl (C=O) groups excluding carboxylic acids is 2. The van der Waals surface area contributed by atoms with Crippen molar-refractivity contribution in [1.82, 2.24) is 25.6 Å². The van der Waals surface area contributed by atoms with E-state index in [1.807, 2.05) is 26.0 Å². The van der Waals surface area contributed by atoms with Gasteiger partial charge in [0.15, 0.2) is 6.61 Å². The summed E-state index contributed by atoms with van der Waals surface area (Å²) in [6.07, 6.45) is -4.00. The lowest BCUT2D eigenvalue weighted by Crippen LogP contribution is -2.43. The van der Waals surface area contributed by atoms with Gasteiger partial charge in [-0.05, 0) is 74.4 Å². The van der Waals surface area contributed by atoms with Crippen LogP contribution in [0.4, 0.5) is 28.3 Å². The van der Waals surface area contributed by atoms with Gasteiger partial charge < -0.3 is 25.4 Å². The number of rotatable bonds is 12. The van der Waals surface area contributed by atoms with Crippen molar-refractivity contribution >= 4 is 29.5 Å². The number of nitrogens with zero attached hydrogens (tertiary/aromatic N) is 3. The fourth-order valence-corrected chi connectivity index (χ4v) is 4.58. The summed E-state index contributed by atoms with van der Waals surface area (Å²) in [5, 5.41) is 9.14. The van der Waals surface area contributed by atoms with Crippen molar-refractivity contribution in [3.8, 4) is 6.01 Å². The highest BCUT2D eigenvalue weighted by atomic mass is 35.5. The standard InChI is InChI=1S/C32H37ClF4N6O4/c1-29(2,3)47-28(45)39-17-30(4,5)16-38-25(44)20-7-6-19(23(34)14-20)15-24-40-26(42-27(41-24)46-18-32(35,36)37)43-31(12-13-31)21-8-10-22(33)11-9-21/h6-11,14H,12-13,15-18H2,1-5H3,(H,38,44)(H,39,45)(H,40,41,42,43). The fraction of sp³-hybridized carbons (Fsp3) is 0.469. The number of halogens is 5. The second-order valence-electron chi connectivity index (χ2n) is 13.2. The van der Waals surface area contributed by atoms with Gasteiger partial charge in [0.25, 0.3) is 5.91 Å². The largest absolute Gasteiger partial charge is 0.454 e. The number of benzene rings is 2. The minimum atomic E-state index is -4.63. The van der Waals surface area contributed by atoms with Crippen molar-refractivity contribution in [1.29, 1.82) is 0 Å². The number of alkyl halides is 3. The van der Waals surface area contributed by atoms with E-state index in [9.17, 15) is 22.8 Å². The molecule has 1 fully saturated rings. The molecule has 3 N–H and O–H groups in total. The first-order chi connectivity index (χ1) is 21.8. The topological polar surface area (TPSA) is 127 Å². The van der Waals surface area contributed by atoms with Gasteiger partial charge in [0.2, 0.25) is 5.95 Å². The predicted molar refractivity (Wildman–Crippen MR) is 167 cm³/mol. The highest BCUT2D eigenvalue weighted by molar-refractivity contribution is 6.30. The van der Waals surface area contributed by atoms with E-state index in [0.717, 1.165) is 11.6 Å². The molecule has 47 heavy (non-hydrogen) atoms. The summed E-state index contributed by atoms with van der Waals surface area (Å²) in [7, 11) is 0. The van der Waals surface area contributed by atoms with Gasteiger partial charge in [-0.2, -0.15) is 28.1 Å². The highest BCUT2D eigenvalue weighted by Crippen LogP contribution is 2.48. The molecule has 0 unspecified atom stereocenters. The van der Waals surface area contributed by atoms with E-state index in [0.29, 0.717) is 17.9 Å². The molecule has 2 amide bonds. The van der Waals surface area contributed by atoms with Crippen LogP contribution in [0.3, 0.4) is 0 Å². The Labute approximate surface area is 275 Å². The van der Waals surface area contributed by atoms with Gasteiger partial charge >= 0.3 is 18.3 Å². The summed E-state index contributed by atoms with van der Waals surface area (Å²) in [6, 6.07) is 10.4. The number of hydrogen-bond donors (Lipinski definition) is 3. The molecule has 0 aliphatic heterocycles. The first-order valence-electron chi connectivity index (χ1n) is 14.8. The zero-order valence-corrected chi connectivity index (χ0v) is 27.4. The second kappa shape index (κ2) is 13.9. The molecule has 0 atom stereocenters. The monoisotopic (exact) mass is 680 g/mol. The number of anilines is 1. The maximum absolute atomic E-state index is 15.2. The second-order valence-corrected chi connectivity index (χ2v) is 13.6. The van der Waals surface area contributed by atoms with E-state index in [2.05, 4.69) is 30.9 Å². The van der Waals surface area contributed by atoms with Crippen LogP contribution in [0, 0.1) is 11.2 Å². The van der Waals surface area contributed by atoms with Crippen molar-refractivity contribution in [2.75, 3.05) is 25.0 Å². The van der Waals surface area contributed by atoms with Crippen LogP contribution in [0.2, 0.25) is 5.02 Å². The Balaban J connectivity index is 1.44. The molecule has 1 aliphatic carbocycles. The average molecular weight is 681 g/mol. The van der Waals surface area contributed by atoms with Gasteiger partial charge in [-0.15, -0.1) is 0 Å². The lowest BCUT2D eigenvalue weighted by molar-refractivity contribution is -0.154. The lowest BCUT2D eigenvalue weighted by atomic mass is 9.93. The van der Waals surface area contributed by atoms with Crippen LogP contribution in [0.5, 0.6) is 6.01 Å². The summed E-state index contributed by atoms with van der Waals surface area (Å²) in [4.78, 5) is 37.1. The van der Waals surface area contributed by atoms with E-state index in [4.69, 9.17) is 21.1 Å². The van der Waals surface area contributed by atoms with E-state index in [1.165, 1.54) is 12.1 Å². The smallest absolute Gasteiger partial charge is 0.422 e. The summed E-state index contributed by atoms with van der Waals surface area (Å²) in [5.74, 6) is -1.34. The van der Waals surface area contributed by atoms with Crippen molar-refractivity contribution in [2.24, 2.45) is 5.41 Å². The summed E-state index contributed by atoms with van der Waals surface area (Å²) in [6.45, 7) is 7.68. The third kappa shape index (κ3) is 10.9. The molecule has 2 aromatic carbocycles. The van der Waals surface area contributed by atoms with Gasteiger partial charge in [0.1, 0.15) is 17.2 Å². The zero-order valence-electron chi connectivity index (χ0n) is 26.6. The number of aromatic nitrogens is 3. The summed E-state index contributed by atoms with van der Waals surface area (Å²) in [5.41, 5.74) is -0.709. The number of alkyl carbamates (subject to hydrolysis) is 1. The number of ether oxygens (including phenoxy) is 2. The minimum absolute atomic E-state index is 0.0280. The van der Waals surface area contributed by atoms with Crippen LogP contribution >= 0.6 is 11.6 Å². The Hall–Kier alpha value is -4.20. The Morgan fingerprint density at radius 2 is 1.60 bits per heavy atom. The van der Waals surface area contributed by atoms with Crippen molar-refractivity contribution < 1.29 is 36.6 Å². The van der Waals surface area contributed by atoms with Gasteiger partial charge in [0, 0.05) is 30.1 Å². The van der Waals surface area contributed by atoms with Crippen molar-refractivity contribution in [3.05, 3.63) is 75.8 Å². The predicted octanol–water partition coefficient (Wildman–Crippen LogP) is 6.58. The van der Waals surface area contributed by atoms with Crippen molar-refractivity contribution in [2.45, 2.75) is 71.2 Å². The normalized spacial score (nSPS) is 14.3. The molecular formula is C32H37ClF4N6O4. The molecule has 0 saturated heterocycles. The number of carbonyl (C=O) groups is 2. The number of nitrogens with one attached hydrogen (secondary N) is 3. The SMILES string of the molecule is CC(C)(CNC(=O)OC(C)(C)C)CNC(=O)c1ccc(Cc2nc(NC3(c4ccc(Cl)cc4)CC3)nc(OCC(F)(F)F)n2)c(F)c1. The van der Waals surface area contributed by atoms with Crippen molar-refractivity contribution in [3.63, 3.8) is 0 Å². The van der Waals surface area contributed by atoms with Crippen LogP contribution in [0.15, 0.2) is 42.5 Å². The molecule has 1 aromatic heterocycles. The molecule has 0 radical (unpaired) electrons. The zero-order chi connectivity index (χ0) is 34.6. The first-order valence-corrected chi connectivity index (χ1v) is 15.2. The van der Waals surface area contributed by atoms with Gasteiger partial charge in [0.05, 0.1) is 5.54 Å². The van der Waals surface area contributed by atoms with E-state index in [-0.39, 0.29) is 42.4 Å². The Bertz CT molecular complexity index is 1590. The first kappa shape index (κ1) is 35.7. The quantitative estimate of drug-likeness (QED) is 0.183. The van der Waals surface area contributed by atoms with Crippen LogP contribution in [0.1, 0.15) is 74.8 Å². The molecule has 4 rings (SSSR count). The molecule has 15 heteroatoms. The molecule has 1 saturated carbocycles. The Kier molecular flexibility index (Phi) is 10.5. The van der Waals surface area contributed by atoms with E-state index < -0.39 is 53.2 Å². The molecule has 10 nitrogen and oxygen atoms in total. The van der Waals surface area contributed by atoms with Crippen LogP contribution in [-0.2, 0) is 16.7 Å². The van der Waals surface area contributed by atoms with E-state index in [1.54, 1.807) is 32.9 Å². The molecule has 254 valence electrons. The summed E-state index contributed by atoms with van der Waals surface area (Å²) >= 11 is 6.01. The number of amides is 2. The third-order valence-corrected chi connectivity index (χ3v) is 7.28. The molecule has 0 bridgehead atoms. The summed E-state index contributed by atoms with van der Waals surface area (Å²) < 4.78 is 64.0. The van der Waals surface area contributed by atoms with Gasteiger partial charge in [-0.3, -0.25) is 4.79 Å². The number of hydrogen-bond acceptors (Lipinski definition) is 8. The molecule has 1 heterocycles. The van der Waals surface area contributed by atoms with Gasteiger partial charge in [-0.25, -0.2) is 9.18 Å².